The van der Waals surface area contributed by atoms with Gasteiger partial charge in [0.15, 0.2) is 5.52 Å². The molecule has 0 amide bonds. The van der Waals surface area contributed by atoms with E-state index in [1.165, 1.54) is 23.3 Å². The Labute approximate surface area is 146 Å². The van der Waals surface area contributed by atoms with Crippen molar-refractivity contribution in [3.8, 4) is 5.95 Å². The number of carbonyl (C=O) groups is 1. The molecule has 26 heavy (non-hydrogen) atoms. The summed E-state index contributed by atoms with van der Waals surface area (Å²) in [6, 6.07) is 9.56. The number of nitrogens with one attached hydrogen (secondary N) is 1. The van der Waals surface area contributed by atoms with Crippen LogP contribution in [0.3, 0.4) is 0 Å². The van der Waals surface area contributed by atoms with E-state index in [2.05, 4.69) is 20.2 Å². The second kappa shape index (κ2) is 5.96. The van der Waals surface area contributed by atoms with Gasteiger partial charge in [-0.15, -0.1) is 0 Å². The molecule has 1 aromatic carbocycles. The molecule has 2 N–H and O–H groups in total. The summed E-state index contributed by atoms with van der Waals surface area (Å²) in [6.07, 6.45) is 3.98. The van der Waals surface area contributed by atoms with Crippen molar-refractivity contribution < 1.29 is 9.90 Å². The smallest absolute Gasteiger partial charge is 0.338 e. The number of aromatic nitrogens is 6. The molecule has 9 heteroatoms. The highest BCUT2D eigenvalue weighted by Crippen LogP contribution is 2.20. The normalized spacial score (nSPS) is 12.3. The van der Waals surface area contributed by atoms with E-state index >= 15 is 0 Å². The number of aromatic carboxylic acids is 1. The van der Waals surface area contributed by atoms with Gasteiger partial charge in [0.25, 0.3) is 5.56 Å². The Morgan fingerprint density at radius 3 is 2.65 bits per heavy atom. The lowest BCUT2D eigenvalue weighted by atomic mass is 10.1. The average molecular weight is 350 g/mol. The molecule has 3 heterocycles. The molecule has 0 saturated heterocycles. The zero-order valence-corrected chi connectivity index (χ0v) is 13.7. The van der Waals surface area contributed by atoms with Crippen LogP contribution in [0.1, 0.15) is 28.9 Å². The number of hydrogen-bond acceptors (Lipinski definition) is 5. The van der Waals surface area contributed by atoms with Crippen LogP contribution >= 0.6 is 0 Å². The topological polar surface area (TPSA) is 119 Å². The first-order chi connectivity index (χ1) is 12.5. The summed E-state index contributed by atoms with van der Waals surface area (Å²) in [5.74, 6) is -0.980. The predicted octanol–water partition coefficient (Wildman–Crippen LogP) is 1.61. The number of rotatable bonds is 4. The van der Waals surface area contributed by atoms with Gasteiger partial charge in [0, 0.05) is 6.20 Å². The summed E-state index contributed by atoms with van der Waals surface area (Å²) in [5.41, 5.74) is 1.38. The fourth-order valence-corrected chi connectivity index (χ4v) is 2.78. The summed E-state index contributed by atoms with van der Waals surface area (Å²) < 4.78 is 2.83. The van der Waals surface area contributed by atoms with Crippen molar-refractivity contribution >= 4 is 17.0 Å². The van der Waals surface area contributed by atoms with Gasteiger partial charge in [-0.2, -0.15) is 10.2 Å². The fourth-order valence-electron chi connectivity index (χ4n) is 2.78. The van der Waals surface area contributed by atoms with Crippen LogP contribution in [0.25, 0.3) is 17.0 Å². The number of carboxylic acid groups (broad SMARTS) is 1. The van der Waals surface area contributed by atoms with Gasteiger partial charge < -0.3 is 5.11 Å². The highest BCUT2D eigenvalue weighted by Gasteiger charge is 2.17. The lowest BCUT2D eigenvalue weighted by Gasteiger charge is -2.13. The van der Waals surface area contributed by atoms with Crippen molar-refractivity contribution in [2.24, 2.45) is 0 Å². The van der Waals surface area contributed by atoms with Gasteiger partial charge in [-0.25, -0.2) is 14.5 Å². The molecule has 0 aliphatic heterocycles. The Kier molecular flexibility index (Phi) is 3.61. The molecule has 4 aromatic rings. The van der Waals surface area contributed by atoms with Crippen LogP contribution in [0.15, 0.2) is 53.7 Å². The van der Waals surface area contributed by atoms with E-state index in [1.807, 2.05) is 37.3 Å². The molecule has 4 rings (SSSR count). The van der Waals surface area contributed by atoms with Gasteiger partial charge in [-0.1, -0.05) is 30.3 Å². The van der Waals surface area contributed by atoms with Gasteiger partial charge in [0.1, 0.15) is 5.52 Å². The van der Waals surface area contributed by atoms with Crippen molar-refractivity contribution in [2.45, 2.75) is 13.0 Å². The molecule has 9 nitrogen and oxygen atoms in total. The maximum absolute atomic E-state index is 12.6. The van der Waals surface area contributed by atoms with Crippen LogP contribution in [-0.4, -0.2) is 40.6 Å². The van der Waals surface area contributed by atoms with Crippen molar-refractivity contribution in [3.63, 3.8) is 0 Å². The fraction of sp³-hybridized carbons (Fsp3) is 0.118. The van der Waals surface area contributed by atoms with Gasteiger partial charge in [0.2, 0.25) is 5.95 Å². The first-order valence-corrected chi connectivity index (χ1v) is 7.85. The van der Waals surface area contributed by atoms with Crippen molar-refractivity contribution in [1.29, 1.82) is 0 Å². The van der Waals surface area contributed by atoms with E-state index in [9.17, 15) is 9.59 Å². The minimum atomic E-state index is -1.11. The first kappa shape index (κ1) is 15.8. The van der Waals surface area contributed by atoms with Gasteiger partial charge in [-0.3, -0.25) is 14.5 Å². The van der Waals surface area contributed by atoms with Crippen LogP contribution in [0, 0.1) is 0 Å². The quantitative estimate of drug-likeness (QED) is 0.577. The maximum Gasteiger partial charge on any atom is 0.338 e. The summed E-state index contributed by atoms with van der Waals surface area (Å²) in [6.45, 7) is 1.95. The molecule has 0 aliphatic carbocycles. The molecule has 0 aliphatic rings. The van der Waals surface area contributed by atoms with Crippen molar-refractivity contribution in [2.75, 3.05) is 0 Å². The van der Waals surface area contributed by atoms with Crippen molar-refractivity contribution in [1.82, 2.24) is 29.5 Å². The Morgan fingerprint density at radius 2 is 1.96 bits per heavy atom. The second-order valence-corrected chi connectivity index (χ2v) is 5.78. The Morgan fingerprint density at radius 1 is 1.19 bits per heavy atom. The average Bonchev–Trinajstić information content (AvgIpc) is 3.29. The number of hydrogen-bond donors (Lipinski definition) is 2. The molecule has 130 valence electrons. The third-order valence-corrected chi connectivity index (χ3v) is 4.14. The van der Waals surface area contributed by atoms with Crippen LogP contribution in [0.5, 0.6) is 0 Å². The largest absolute Gasteiger partial charge is 0.478 e. The molecule has 3 aromatic heterocycles. The standard InChI is InChI=1S/C17H14N6O3/c1-10(11-5-3-2-4-6-11)23-14-13(8-19-23)20-17(21-15(14)24)22-9-12(7-18-22)16(25)26/h2-10H,1H3,(H,25,26)(H,20,21,24)/t10-/m0/s1. The number of carboxylic acids is 1. The zero-order valence-electron chi connectivity index (χ0n) is 13.7. The molecule has 0 saturated carbocycles. The molecule has 1 atom stereocenters. The molecule has 0 fully saturated rings. The van der Waals surface area contributed by atoms with Crippen LogP contribution < -0.4 is 5.56 Å². The molecule has 0 unspecified atom stereocenters. The number of nitrogens with zero attached hydrogens (tertiary/aromatic N) is 5. The molecular formula is C17H14N6O3. The zero-order chi connectivity index (χ0) is 18.3. The van der Waals surface area contributed by atoms with Crippen LogP contribution in [0.2, 0.25) is 0 Å². The maximum atomic E-state index is 12.6. The first-order valence-electron chi connectivity index (χ1n) is 7.85. The lowest BCUT2D eigenvalue weighted by molar-refractivity contribution is 0.0697. The van der Waals surface area contributed by atoms with Gasteiger partial charge >= 0.3 is 5.97 Å². The lowest BCUT2D eigenvalue weighted by Crippen LogP contribution is -2.18. The number of fused-ring (bicyclic) bond motifs is 1. The minimum absolute atomic E-state index is 0.00106. The second-order valence-electron chi connectivity index (χ2n) is 5.78. The Bertz CT molecular complexity index is 1160. The van der Waals surface area contributed by atoms with Gasteiger partial charge in [-0.05, 0) is 12.5 Å². The Hall–Kier alpha value is -3.75. The summed E-state index contributed by atoms with van der Waals surface area (Å²) in [7, 11) is 0. The van der Waals surface area contributed by atoms with E-state index in [0.717, 1.165) is 5.56 Å². The predicted molar refractivity (Wildman–Crippen MR) is 92.5 cm³/mol. The third-order valence-electron chi connectivity index (χ3n) is 4.14. The summed E-state index contributed by atoms with van der Waals surface area (Å²) >= 11 is 0. The number of benzene rings is 1. The highest BCUT2D eigenvalue weighted by molar-refractivity contribution is 5.87. The molecule has 0 radical (unpaired) electrons. The van der Waals surface area contributed by atoms with E-state index in [0.29, 0.717) is 11.0 Å². The van der Waals surface area contributed by atoms with Gasteiger partial charge in [0.05, 0.1) is 24.0 Å². The van der Waals surface area contributed by atoms with Crippen molar-refractivity contribution in [3.05, 3.63) is 70.4 Å². The number of aromatic amines is 1. The van der Waals surface area contributed by atoms with Crippen LogP contribution in [-0.2, 0) is 0 Å². The molecular weight excluding hydrogens is 336 g/mol. The molecule has 0 spiro atoms. The number of H-pyrrole nitrogens is 1. The monoisotopic (exact) mass is 350 g/mol. The van der Waals surface area contributed by atoms with Crippen LogP contribution in [0.4, 0.5) is 0 Å². The van der Waals surface area contributed by atoms with E-state index in [1.54, 1.807) is 4.68 Å². The summed E-state index contributed by atoms with van der Waals surface area (Å²) in [5, 5.41) is 17.2. The Balaban J connectivity index is 1.80. The summed E-state index contributed by atoms with van der Waals surface area (Å²) in [4.78, 5) is 30.6. The van der Waals surface area contributed by atoms with E-state index < -0.39 is 5.97 Å². The molecule has 0 bridgehead atoms. The van der Waals surface area contributed by atoms with E-state index in [4.69, 9.17) is 5.11 Å². The third kappa shape index (κ3) is 2.55. The highest BCUT2D eigenvalue weighted by atomic mass is 16.4. The SMILES string of the molecule is C[C@@H](c1ccccc1)n1ncc2nc(-n3cc(C(=O)O)cn3)[nH]c(=O)c21. The minimum Gasteiger partial charge on any atom is -0.478 e. The van der Waals surface area contributed by atoms with E-state index in [-0.39, 0.29) is 23.1 Å².